The molecule has 0 spiro atoms. The number of anilines is 1. The molecule has 128 valence electrons. The molecule has 0 unspecified atom stereocenters. The number of H-pyrrole nitrogens is 1. The molecule has 3 aromatic rings. The summed E-state index contributed by atoms with van der Waals surface area (Å²) < 4.78 is 0. The van der Waals surface area contributed by atoms with Crippen LogP contribution in [0.4, 0.5) is 5.95 Å². The molecule has 0 bridgehead atoms. The van der Waals surface area contributed by atoms with Gasteiger partial charge in [-0.25, -0.2) is 9.97 Å². The van der Waals surface area contributed by atoms with Crippen molar-refractivity contribution in [2.45, 2.75) is 37.8 Å². The molecule has 6 nitrogen and oxygen atoms in total. The molecule has 6 heteroatoms. The highest BCUT2D eigenvalue weighted by molar-refractivity contribution is 5.69. The lowest BCUT2D eigenvalue weighted by Gasteiger charge is -2.26. The zero-order chi connectivity index (χ0) is 17.1. The van der Waals surface area contributed by atoms with E-state index in [4.69, 9.17) is 10.7 Å². The second-order valence-corrected chi connectivity index (χ2v) is 6.57. The van der Waals surface area contributed by atoms with Gasteiger partial charge in [-0.2, -0.15) is 5.10 Å². The molecule has 0 saturated heterocycles. The lowest BCUT2D eigenvalue weighted by molar-refractivity contribution is 0.410. The van der Waals surface area contributed by atoms with Crippen LogP contribution in [0.25, 0.3) is 22.5 Å². The minimum Gasteiger partial charge on any atom is -0.351 e. The Morgan fingerprint density at radius 1 is 1.00 bits per heavy atom. The smallest absolute Gasteiger partial charge is 0.223 e. The van der Waals surface area contributed by atoms with Gasteiger partial charge in [-0.15, -0.1) is 0 Å². The molecule has 0 radical (unpaired) electrons. The van der Waals surface area contributed by atoms with Crippen LogP contribution in [0, 0.1) is 0 Å². The van der Waals surface area contributed by atoms with Crippen LogP contribution >= 0.6 is 0 Å². The van der Waals surface area contributed by atoms with E-state index >= 15 is 0 Å². The zero-order valence-electron chi connectivity index (χ0n) is 14.0. The molecular formula is C19H22N6. The molecule has 1 saturated carbocycles. The summed E-state index contributed by atoms with van der Waals surface area (Å²) in [6.45, 7) is 0. The Bertz CT molecular complexity index is 821. The fraction of sp³-hybridized carbons (Fsp3) is 0.316. The number of benzene rings is 1. The maximum absolute atomic E-state index is 5.98. The van der Waals surface area contributed by atoms with Gasteiger partial charge in [-0.3, -0.25) is 5.10 Å². The number of rotatable bonds is 4. The summed E-state index contributed by atoms with van der Waals surface area (Å²) >= 11 is 0. The van der Waals surface area contributed by atoms with Gasteiger partial charge < -0.3 is 11.1 Å². The normalized spacial score (nSPS) is 20.4. The minimum atomic E-state index is 0.343. The van der Waals surface area contributed by atoms with Crippen molar-refractivity contribution in [1.29, 1.82) is 0 Å². The highest BCUT2D eigenvalue weighted by Gasteiger charge is 2.19. The quantitative estimate of drug-likeness (QED) is 0.681. The fourth-order valence-electron chi connectivity index (χ4n) is 3.30. The molecule has 25 heavy (non-hydrogen) atoms. The standard InChI is InChI=1S/C19H22N6/c20-15-4-6-16(7-5-15)23-19-21-10-8-17(24-19)13-2-1-3-14(12-13)18-9-11-22-25-18/h1-3,8-12,15-16H,4-7,20H2,(H,22,25)(H,21,23,24). The monoisotopic (exact) mass is 334 g/mol. The largest absolute Gasteiger partial charge is 0.351 e. The lowest BCUT2D eigenvalue weighted by atomic mass is 9.92. The van der Waals surface area contributed by atoms with Crippen LogP contribution in [0.15, 0.2) is 48.8 Å². The van der Waals surface area contributed by atoms with Crippen molar-refractivity contribution in [2.24, 2.45) is 5.73 Å². The van der Waals surface area contributed by atoms with Gasteiger partial charge in [-0.1, -0.05) is 18.2 Å². The number of hydrogen-bond donors (Lipinski definition) is 3. The van der Waals surface area contributed by atoms with Gasteiger partial charge in [0.25, 0.3) is 0 Å². The number of aromatic amines is 1. The Labute approximate surface area is 146 Å². The zero-order valence-corrected chi connectivity index (χ0v) is 14.0. The van der Waals surface area contributed by atoms with E-state index in [0.29, 0.717) is 18.0 Å². The third kappa shape index (κ3) is 3.69. The summed E-state index contributed by atoms with van der Waals surface area (Å²) in [6.07, 6.45) is 7.83. The SMILES string of the molecule is NC1CCC(Nc2nccc(-c3cccc(-c4ccn[nH]4)c3)n2)CC1. The second-order valence-electron chi connectivity index (χ2n) is 6.57. The van der Waals surface area contributed by atoms with Gasteiger partial charge in [0.2, 0.25) is 5.95 Å². The summed E-state index contributed by atoms with van der Waals surface area (Å²) in [5.74, 6) is 0.685. The first kappa shape index (κ1) is 15.8. The summed E-state index contributed by atoms with van der Waals surface area (Å²) in [4.78, 5) is 9.08. The number of nitrogens with zero attached hydrogens (tertiary/aromatic N) is 3. The maximum atomic E-state index is 5.98. The van der Waals surface area contributed by atoms with Gasteiger partial charge in [-0.05, 0) is 43.9 Å². The predicted octanol–water partition coefficient (Wildman–Crippen LogP) is 3.22. The number of hydrogen-bond acceptors (Lipinski definition) is 5. The van der Waals surface area contributed by atoms with Crippen LogP contribution in [0.2, 0.25) is 0 Å². The third-order valence-electron chi connectivity index (χ3n) is 4.73. The lowest BCUT2D eigenvalue weighted by Crippen LogP contribution is -2.33. The van der Waals surface area contributed by atoms with E-state index in [1.54, 1.807) is 6.20 Å². The Balaban J connectivity index is 1.54. The molecule has 1 aromatic carbocycles. The van der Waals surface area contributed by atoms with E-state index in [9.17, 15) is 0 Å². The minimum absolute atomic E-state index is 0.343. The van der Waals surface area contributed by atoms with Crippen molar-refractivity contribution in [3.8, 4) is 22.5 Å². The van der Waals surface area contributed by atoms with E-state index in [2.05, 4.69) is 38.7 Å². The molecule has 0 atom stereocenters. The highest BCUT2D eigenvalue weighted by atomic mass is 15.1. The Morgan fingerprint density at radius 2 is 1.84 bits per heavy atom. The van der Waals surface area contributed by atoms with E-state index in [1.807, 2.05) is 24.4 Å². The van der Waals surface area contributed by atoms with E-state index in [-0.39, 0.29) is 0 Å². The first-order valence-corrected chi connectivity index (χ1v) is 8.73. The van der Waals surface area contributed by atoms with Crippen LogP contribution in [-0.4, -0.2) is 32.2 Å². The van der Waals surface area contributed by atoms with Crippen molar-refractivity contribution in [3.63, 3.8) is 0 Å². The first-order valence-electron chi connectivity index (χ1n) is 8.73. The molecule has 2 heterocycles. The van der Waals surface area contributed by atoms with Gasteiger partial charge in [0, 0.05) is 35.6 Å². The Hall–Kier alpha value is -2.73. The molecule has 4 N–H and O–H groups in total. The molecule has 0 aliphatic heterocycles. The number of nitrogens with one attached hydrogen (secondary N) is 2. The topological polar surface area (TPSA) is 92.5 Å². The Kier molecular flexibility index (Phi) is 4.43. The number of aromatic nitrogens is 4. The average molecular weight is 334 g/mol. The van der Waals surface area contributed by atoms with Gasteiger partial charge in [0.15, 0.2) is 0 Å². The van der Waals surface area contributed by atoms with Crippen molar-refractivity contribution >= 4 is 5.95 Å². The van der Waals surface area contributed by atoms with Crippen molar-refractivity contribution in [1.82, 2.24) is 20.2 Å². The Morgan fingerprint density at radius 3 is 2.64 bits per heavy atom. The van der Waals surface area contributed by atoms with Crippen LogP contribution in [-0.2, 0) is 0 Å². The average Bonchev–Trinajstić information content (AvgIpc) is 3.19. The van der Waals surface area contributed by atoms with Crippen LogP contribution in [0.3, 0.4) is 0 Å². The summed E-state index contributed by atoms with van der Waals surface area (Å²) in [6, 6.07) is 12.9. The molecule has 1 aliphatic rings. The molecule has 1 fully saturated rings. The van der Waals surface area contributed by atoms with Crippen molar-refractivity contribution < 1.29 is 0 Å². The van der Waals surface area contributed by atoms with Crippen LogP contribution in [0.1, 0.15) is 25.7 Å². The van der Waals surface area contributed by atoms with Crippen LogP contribution in [0.5, 0.6) is 0 Å². The summed E-state index contributed by atoms with van der Waals surface area (Å²) in [5.41, 5.74) is 10.0. The third-order valence-corrected chi connectivity index (χ3v) is 4.73. The van der Waals surface area contributed by atoms with Gasteiger partial charge >= 0.3 is 0 Å². The number of nitrogens with two attached hydrogens (primary N) is 1. The molecule has 1 aliphatic carbocycles. The van der Waals surface area contributed by atoms with Crippen LogP contribution < -0.4 is 11.1 Å². The van der Waals surface area contributed by atoms with Crippen molar-refractivity contribution in [3.05, 3.63) is 48.8 Å². The van der Waals surface area contributed by atoms with E-state index in [1.165, 1.54) is 0 Å². The molecule has 0 amide bonds. The summed E-state index contributed by atoms with van der Waals surface area (Å²) in [7, 11) is 0. The summed E-state index contributed by atoms with van der Waals surface area (Å²) in [5, 5.41) is 10.5. The van der Waals surface area contributed by atoms with Gasteiger partial charge in [0.1, 0.15) is 0 Å². The van der Waals surface area contributed by atoms with Gasteiger partial charge in [0.05, 0.1) is 11.4 Å². The van der Waals surface area contributed by atoms with E-state index < -0.39 is 0 Å². The highest BCUT2D eigenvalue weighted by Crippen LogP contribution is 2.25. The maximum Gasteiger partial charge on any atom is 0.223 e. The molecular weight excluding hydrogens is 312 g/mol. The molecule has 2 aromatic heterocycles. The molecule has 4 rings (SSSR count). The van der Waals surface area contributed by atoms with Crippen molar-refractivity contribution in [2.75, 3.05) is 5.32 Å². The van der Waals surface area contributed by atoms with E-state index in [0.717, 1.165) is 48.2 Å². The second kappa shape index (κ2) is 7.03. The first-order chi connectivity index (χ1) is 12.3. The fourth-order valence-corrected chi connectivity index (χ4v) is 3.30. The predicted molar refractivity (Wildman–Crippen MR) is 98.9 cm³/mol.